The van der Waals surface area contributed by atoms with Gasteiger partial charge in [-0.15, -0.1) is 0 Å². The molecule has 8 heteroatoms. The smallest absolute Gasteiger partial charge is 0.278 e. The van der Waals surface area contributed by atoms with Gasteiger partial charge in [0.25, 0.3) is 5.91 Å². The topological polar surface area (TPSA) is 110 Å². The summed E-state index contributed by atoms with van der Waals surface area (Å²) in [4.78, 5) is 20.9. The highest BCUT2D eigenvalue weighted by Gasteiger charge is 2.16. The number of nitrogens with two attached hydrogens (primary N) is 1. The van der Waals surface area contributed by atoms with Crippen molar-refractivity contribution in [2.24, 2.45) is 4.36 Å². The third-order valence-corrected chi connectivity index (χ3v) is 5.07. The van der Waals surface area contributed by atoms with Crippen molar-refractivity contribution in [2.45, 2.75) is 11.7 Å². The number of hydrogen-bond acceptors (Lipinski definition) is 7. The molecular weight excluding hydrogens is 350 g/mol. The molecule has 2 aromatic rings. The average Bonchev–Trinajstić information content (AvgIpc) is 2.68. The monoisotopic (exact) mass is 368 g/mol. The van der Waals surface area contributed by atoms with Crippen LogP contribution in [0.2, 0.25) is 0 Å². The van der Waals surface area contributed by atoms with Crippen LogP contribution in [0.15, 0.2) is 59.1 Å². The van der Waals surface area contributed by atoms with Gasteiger partial charge in [-0.1, -0.05) is 41.7 Å². The van der Waals surface area contributed by atoms with E-state index in [9.17, 15) is 9.00 Å². The van der Waals surface area contributed by atoms with E-state index >= 15 is 0 Å². The van der Waals surface area contributed by atoms with Gasteiger partial charge in [-0.3, -0.25) is 4.79 Å². The standard InChI is InChI=1S/C18H18N5O2S/c1-20-26(25)14-9-7-12(8-10-14)15-11-21-17(19)16(23-15)18(24)22-13-5-3-2-4-6-13/h2-9,11,14H,10H2,1H3,(H2,19,21)(H,22,24)/q-1. The van der Waals surface area contributed by atoms with Crippen molar-refractivity contribution < 1.29 is 9.00 Å². The molecule has 1 unspecified atom stereocenters. The van der Waals surface area contributed by atoms with Crippen LogP contribution in [-0.4, -0.2) is 28.2 Å². The molecule has 1 amide bonds. The van der Waals surface area contributed by atoms with Gasteiger partial charge in [0.2, 0.25) is 0 Å². The summed E-state index contributed by atoms with van der Waals surface area (Å²) in [6.45, 7) is 0. The largest absolute Gasteiger partial charge is 0.444 e. The van der Waals surface area contributed by atoms with Crippen LogP contribution in [0.4, 0.5) is 11.5 Å². The molecule has 134 valence electrons. The second-order valence-corrected chi connectivity index (χ2v) is 7.08. The highest BCUT2D eigenvalue weighted by molar-refractivity contribution is 7.75. The van der Waals surface area contributed by atoms with Crippen LogP contribution in [0.5, 0.6) is 0 Å². The van der Waals surface area contributed by atoms with Crippen LogP contribution in [-0.2, 0) is 14.8 Å². The molecule has 0 fully saturated rings. The molecule has 1 aliphatic carbocycles. The molecule has 1 aliphatic rings. The molecular formula is C18H18N5O2S-. The van der Waals surface area contributed by atoms with Crippen LogP contribution >= 0.6 is 0 Å². The van der Waals surface area contributed by atoms with E-state index < -0.39 is 16.5 Å². The molecule has 1 atom stereocenters. The van der Waals surface area contributed by atoms with Crippen molar-refractivity contribution >= 4 is 33.6 Å². The van der Waals surface area contributed by atoms with Crippen LogP contribution in [0.1, 0.15) is 22.6 Å². The summed E-state index contributed by atoms with van der Waals surface area (Å²) in [5, 5.41) is 2.60. The summed E-state index contributed by atoms with van der Waals surface area (Å²) in [5.74, 6) is -0.362. The first kappa shape index (κ1) is 17.8. The van der Waals surface area contributed by atoms with Crippen molar-refractivity contribution in [1.82, 2.24) is 9.97 Å². The highest BCUT2D eigenvalue weighted by atomic mass is 32.2. The Balaban J connectivity index is 1.82. The zero-order valence-electron chi connectivity index (χ0n) is 14.1. The number of carbonyl (C=O) groups is 1. The summed E-state index contributed by atoms with van der Waals surface area (Å²) in [7, 11) is 0.285. The van der Waals surface area contributed by atoms with Crippen molar-refractivity contribution in [3.8, 4) is 0 Å². The summed E-state index contributed by atoms with van der Waals surface area (Å²) < 4.78 is 15.5. The van der Waals surface area contributed by atoms with E-state index in [1.54, 1.807) is 12.1 Å². The lowest BCUT2D eigenvalue weighted by molar-refractivity contribution is 0.102. The molecule has 0 saturated carbocycles. The number of rotatable bonds is 4. The van der Waals surface area contributed by atoms with E-state index in [0.29, 0.717) is 17.8 Å². The van der Waals surface area contributed by atoms with E-state index in [1.807, 2.05) is 36.4 Å². The second-order valence-electron chi connectivity index (χ2n) is 5.56. The van der Waals surface area contributed by atoms with Gasteiger partial charge < -0.3 is 19.6 Å². The lowest BCUT2D eigenvalue weighted by Gasteiger charge is -2.18. The average molecular weight is 368 g/mol. The van der Waals surface area contributed by atoms with Gasteiger partial charge in [-0.2, -0.15) is 10.6 Å². The molecule has 0 saturated heterocycles. The number of nitrogens with one attached hydrogen (secondary N) is 1. The van der Waals surface area contributed by atoms with Crippen LogP contribution in [0.25, 0.3) is 5.57 Å². The Morgan fingerprint density at radius 2 is 2.12 bits per heavy atom. The van der Waals surface area contributed by atoms with Gasteiger partial charge in [-0.25, -0.2) is 9.97 Å². The van der Waals surface area contributed by atoms with Gasteiger partial charge in [0.1, 0.15) is 0 Å². The Kier molecular flexibility index (Phi) is 5.43. The minimum Gasteiger partial charge on any atom is -0.444 e. The van der Waals surface area contributed by atoms with Crippen molar-refractivity contribution in [2.75, 3.05) is 18.1 Å². The molecule has 1 aromatic carbocycles. The minimum absolute atomic E-state index is 0.0614. The molecule has 0 bridgehead atoms. The fourth-order valence-corrected chi connectivity index (χ4v) is 3.24. The fraction of sp³-hybridized carbons (Fsp3) is 0.167. The lowest BCUT2D eigenvalue weighted by atomic mass is 10.0. The fourth-order valence-electron chi connectivity index (χ4n) is 2.49. The first-order chi connectivity index (χ1) is 12.6. The maximum Gasteiger partial charge on any atom is 0.278 e. The van der Waals surface area contributed by atoms with Gasteiger partial charge in [0.05, 0.1) is 11.9 Å². The molecule has 0 spiro atoms. The van der Waals surface area contributed by atoms with Crippen LogP contribution < -0.4 is 11.1 Å². The molecule has 3 rings (SSSR count). The van der Waals surface area contributed by atoms with Gasteiger partial charge >= 0.3 is 0 Å². The van der Waals surface area contributed by atoms with Gasteiger partial charge in [0.15, 0.2) is 11.5 Å². The number of hydrogen-bond donors (Lipinski definition) is 2. The van der Waals surface area contributed by atoms with Crippen molar-refractivity contribution in [3.05, 3.63) is 66.1 Å². The Hall–Kier alpha value is -3.00. The summed E-state index contributed by atoms with van der Waals surface area (Å²) in [6, 6.07) is 9.05. The zero-order chi connectivity index (χ0) is 18.5. The molecule has 0 aliphatic heterocycles. The summed E-state index contributed by atoms with van der Waals surface area (Å²) in [6.07, 6.45) is 7.66. The molecule has 7 nitrogen and oxygen atoms in total. The quantitative estimate of drug-likeness (QED) is 0.806. The van der Waals surface area contributed by atoms with Crippen molar-refractivity contribution in [3.63, 3.8) is 0 Å². The third kappa shape index (κ3) is 3.97. The number of benzene rings is 1. The number of amides is 1. The Morgan fingerprint density at radius 1 is 1.35 bits per heavy atom. The predicted molar refractivity (Wildman–Crippen MR) is 103 cm³/mol. The summed E-state index contributed by atoms with van der Waals surface area (Å²) >= 11 is 0. The molecule has 3 N–H and O–H groups in total. The first-order valence-corrected chi connectivity index (χ1v) is 9.13. The van der Waals surface area contributed by atoms with Crippen LogP contribution in [0, 0.1) is 0 Å². The van der Waals surface area contributed by atoms with E-state index in [2.05, 4.69) is 19.6 Å². The molecule has 1 aromatic heterocycles. The SMILES string of the molecule is CN=[S-](=O)C1C=CC(c2cnc(N)c(C(=O)Nc3ccccc3)n2)=CC1. The number of allylic oxidation sites excluding steroid dienone is 3. The van der Waals surface area contributed by atoms with E-state index in [-0.39, 0.29) is 16.8 Å². The molecule has 0 radical (unpaired) electrons. The minimum atomic E-state index is -1.25. The summed E-state index contributed by atoms with van der Waals surface area (Å²) in [5.41, 5.74) is 7.88. The van der Waals surface area contributed by atoms with Crippen LogP contribution in [0.3, 0.4) is 0 Å². The number of nitrogens with zero attached hydrogens (tertiary/aromatic N) is 3. The highest BCUT2D eigenvalue weighted by Crippen LogP contribution is 2.22. The van der Waals surface area contributed by atoms with Gasteiger partial charge in [-0.05, 0) is 24.1 Å². The number of nitrogen functional groups attached to an aromatic ring is 1. The predicted octanol–water partition coefficient (Wildman–Crippen LogP) is 2.80. The first-order valence-electron chi connectivity index (χ1n) is 7.96. The Bertz CT molecular complexity index is 963. The Morgan fingerprint density at radius 3 is 2.77 bits per heavy atom. The zero-order valence-corrected chi connectivity index (χ0v) is 14.9. The molecule has 26 heavy (non-hydrogen) atoms. The lowest BCUT2D eigenvalue weighted by Crippen LogP contribution is -2.18. The number of anilines is 2. The number of aromatic nitrogens is 2. The van der Waals surface area contributed by atoms with E-state index in [1.165, 1.54) is 13.2 Å². The molecule has 1 heterocycles. The number of para-hydroxylation sites is 1. The maximum atomic E-state index is 12.5. The van der Waals surface area contributed by atoms with Gasteiger partial charge in [0, 0.05) is 12.7 Å². The second kappa shape index (κ2) is 7.92. The van der Waals surface area contributed by atoms with E-state index in [4.69, 9.17) is 5.73 Å². The van der Waals surface area contributed by atoms with Crippen molar-refractivity contribution in [1.29, 1.82) is 0 Å². The third-order valence-electron chi connectivity index (χ3n) is 3.84. The normalized spacial score (nSPS) is 17.6. The number of carbonyl (C=O) groups excluding carboxylic acids is 1. The van der Waals surface area contributed by atoms with E-state index in [0.717, 1.165) is 5.57 Å². The maximum absolute atomic E-state index is 12.5. The Labute approximate surface area is 153 Å².